The van der Waals surface area contributed by atoms with Crippen LogP contribution in [0, 0.1) is 6.92 Å². The van der Waals surface area contributed by atoms with Gasteiger partial charge < -0.3 is 10.5 Å². The summed E-state index contributed by atoms with van der Waals surface area (Å²) < 4.78 is 33.2. The quantitative estimate of drug-likeness (QED) is 0.809. The lowest BCUT2D eigenvalue weighted by Gasteiger charge is -2.13. The summed E-state index contributed by atoms with van der Waals surface area (Å²) in [5.74, 6) is 0.664. The van der Waals surface area contributed by atoms with Crippen molar-refractivity contribution in [2.75, 3.05) is 17.6 Å². The van der Waals surface area contributed by atoms with Crippen LogP contribution in [0.2, 0.25) is 0 Å². The molecule has 2 aromatic rings. The third kappa shape index (κ3) is 3.48. The Hall–Kier alpha value is -1.73. The molecule has 0 aliphatic heterocycles. The normalized spacial score (nSPS) is 11.2. The Morgan fingerprint density at radius 3 is 2.52 bits per heavy atom. The van der Waals surface area contributed by atoms with Crippen LogP contribution in [0.15, 0.2) is 45.8 Å². The van der Waals surface area contributed by atoms with E-state index in [4.69, 9.17) is 10.5 Å². The zero-order valence-corrected chi connectivity index (χ0v) is 14.0. The molecule has 0 radical (unpaired) electrons. The van der Waals surface area contributed by atoms with Crippen LogP contribution in [0.25, 0.3) is 0 Å². The minimum Gasteiger partial charge on any atom is -0.497 e. The van der Waals surface area contributed by atoms with Crippen LogP contribution in [-0.4, -0.2) is 15.5 Å². The third-order valence-corrected chi connectivity index (χ3v) is 4.86. The molecule has 21 heavy (non-hydrogen) atoms. The largest absolute Gasteiger partial charge is 0.497 e. The van der Waals surface area contributed by atoms with Crippen LogP contribution in [0.1, 0.15) is 5.56 Å². The molecule has 0 saturated carbocycles. The van der Waals surface area contributed by atoms with E-state index in [2.05, 4.69) is 20.7 Å². The Balaban J connectivity index is 2.40. The number of halogens is 1. The van der Waals surface area contributed by atoms with E-state index in [1.165, 1.54) is 6.07 Å². The van der Waals surface area contributed by atoms with Gasteiger partial charge in [-0.3, -0.25) is 4.72 Å². The van der Waals surface area contributed by atoms with Gasteiger partial charge in [0.25, 0.3) is 10.0 Å². The zero-order valence-electron chi connectivity index (χ0n) is 11.6. The second-order valence-electron chi connectivity index (χ2n) is 4.47. The lowest BCUT2D eigenvalue weighted by atomic mass is 10.2. The molecule has 0 spiro atoms. The van der Waals surface area contributed by atoms with E-state index < -0.39 is 10.0 Å². The van der Waals surface area contributed by atoms with Gasteiger partial charge in [-0.1, -0.05) is 15.9 Å². The number of aryl methyl sites for hydroxylation is 1. The fraction of sp³-hybridized carbons (Fsp3) is 0.143. The van der Waals surface area contributed by atoms with Gasteiger partial charge in [0.2, 0.25) is 0 Å². The van der Waals surface area contributed by atoms with E-state index in [1.54, 1.807) is 44.4 Å². The lowest BCUT2D eigenvalue weighted by Crippen LogP contribution is -2.15. The molecule has 2 rings (SSSR count). The molecule has 0 amide bonds. The highest BCUT2D eigenvalue weighted by Crippen LogP contribution is 2.27. The molecule has 0 bridgehead atoms. The van der Waals surface area contributed by atoms with Crippen molar-refractivity contribution in [1.82, 2.24) is 0 Å². The number of methoxy groups -OCH3 is 1. The second kappa shape index (κ2) is 5.95. The minimum atomic E-state index is -3.75. The first kappa shape index (κ1) is 15.7. The summed E-state index contributed by atoms with van der Waals surface area (Å²) in [7, 11) is -2.20. The fourth-order valence-electron chi connectivity index (χ4n) is 1.82. The molecular weight excluding hydrogens is 356 g/mol. The standard InChI is InChI=1S/C14H15BrN2O3S/c1-9-7-11(20-2)4-6-13(9)17-21(18,19)14-8-10(15)3-5-12(14)16/h3-8,17H,16H2,1-2H3. The molecule has 0 aliphatic rings. The molecule has 0 aliphatic carbocycles. The van der Waals surface area contributed by atoms with Gasteiger partial charge in [0.1, 0.15) is 10.6 Å². The smallest absolute Gasteiger partial charge is 0.263 e. The molecule has 0 unspecified atom stereocenters. The topological polar surface area (TPSA) is 81.4 Å². The minimum absolute atomic E-state index is 0.0343. The number of nitrogens with one attached hydrogen (secondary N) is 1. The summed E-state index contributed by atoms with van der Waals surface area (Å²) in [6.45, 7) is 1.80. The second-order valence-corrected chi connectivity index (χ2v) is 7.03. The number of hydrogen-bond donors (Lipinski definition) is 2. The van der Waals surface area contributed by atoms with Crippen LogP contribution >= 0.6 is 15.9 Å². The average Bonchev–Trinajstić information content (AvgIpc) is 2.43. The number of anilines is 2. The van der Waals surface area contributed by atoms with Crippen molar-refractivity contribution >= 4 is 37.3 Å². The van der Waals surface area contributed by atoms with Crippen molar-refractivity contribution in [3.05, 3.63) is 46.4 Å². The van der Waals surface area contributed by atoms with Gasteiger partial charge in [-0.2, -0.15) is 0 Å². The molecule has 0 fully saturated rings. The predicted octanol–water partition coefficient (Wildman–Crippen LogP) is 3.15. The highest BCUT2D eigenvalue weighted by Gasteiger charge is 2.19. The van der Waals surface area contributed by atoms with E-state index in [0.717, 1.165) is 5.56 Å². The summed E-state index contributed by atoms with van der Waals surface area (Å²) >= 11 is 3.24. The molecule has 0 saturated heterocycles. The molecule has 112 valence electrons. The van der Waals surface area contributed by atoms with E-state index in [9.17, 15) is 8.42 Å². The zero-order chi connectivity index (χ0) is 15.6. The third-order valence-electron chi connectivity index (χ3n) is 2.94. The van der Waals surface area contributed by atoms with E-state index in [1.807, 2.05) is 0 Å². The van der Waals surface area contributed by atoms with Gasteiger partial charge >= 0.3 is 0 Å². The number of sulfonamides is 1. The summed E-state index contributed by atoms with van der Waals surface area (Å²) in [5, 5.41) is 0. The van der Waals surface area contributed by atoms with Crippen molar-refractivity contribution in [3.63, 3.8) is 0 Å². The van der Waals surface area contributed by atoms with Crippen LogP contribution in [-0.2, 0) is 10.0 Å². The average molecular weight is 371 g/mol. The molecule has 0 atom stereocenters. The van der Waals surface area contributed by atoms with Crippen LogP contribution < -0.4 is 15.2 Å². The molecule has 2 aromatic carbocycles. The monoisotopic (exact) mass is 370 g/mol. The van der Waals surface area contributed by atoms with Gasteiger partial charge in [0, 0.05) is 4.47 Å². The van der Waals surface area contributed by atoms with Crippen molar-refractivity contribution in [1.29, 1.82) is 0 Å². The summed E-state index contributed by atoms with van der Waals surface area (Å²) in [6, 6.07) is 9.79. The molecule has 0 aromatic heterocycles. The Bertz CT molecular complexity index is 776. The van der Waals surface area contributed by atoms with Gasteiger partial charge in [-0.15, -0.1) is 0 Å². The number of nitrogen functional groups attached to an aromatic ring is 1. The van der Waals surface area contributed by atoms with Crippen LogP contribution in [0.4, 0.5) is 11.4 Å². The Morgan fingerprint density at radius 1 is 1.19 bits per heavy atom. The SMILES string of the molecule is COc1ccc(NS(=O)(=O)c2cc(Br)ccc2N)c(C)c1. The Labute approximate surface area is 132 Å². The molecule has 0 heterocycles. The Morgan fingerprint density at radius 2 is 1.90 bits per heavy atom. The molecule has 7 heteroatoms. The van der Waals surface area contributed by atoms with Gasteiger partial charge in [-0.05, 0) is 48.9 Å². The number of nitrogens with two attached hydrogens (primary N) is 1. The maximum Gasteiger partial charge on any atom is 0.263 e. The predicted molar refractivity (Wildman–Crippen MR) is 87.1 cm³/mol. The highest BCUT2D eigenvalue weighted by molar-refractivity contribution is 9.10. The maximum atomic E-state index is 12.4. The van der Waals surface area contributed by atoms with Crippen molar-refractivity contribution in [3.8, 4) is 5.75 Å². The van der Waals surface area contributed by atoms with Crippen LogP contribution in [0.5, 0.6) is 5.75 Å². The number of benzene rings is 2. The van der Waals surface area contributed by atoms with Crippen LogP contribution in [0.3, 0.4) is 0 Å². The van der Waals surface area contributed by atoms with Gasteiger partial charge in [0.05, 0.1) is 18.5 Å². The van der Waals surface area contributed by atoms with Gasteiger partial charge in [0.15, 0.2) is 0 Å². The summed E-state index contributed by atoms with van der Waals surface area (Å²) in [4.78, 5) is 0.0343. The molecule has 5 nitrogen and oxygen atoms in total. The number of ether oxygens (including phenoxy) is 1. The Kier molecular flexibility index (Phi) is 4.43. The molecular formula is C14H15BrN2O3S. The van der Waals surface area contributed by atoms with Crippen molar-refractivity contribution < 1.29 is 13.2 Å². The van der Waals surface area contributed by atoms with E-state index >= 15 is 0 Å². The number of rotatable bonds is 4. The summed E-state index contributed by atoms with van der Waals surface area (Å²) in [5.41, 5.74) is 7.18. The molecule has 3 N–H and O–H groups in total. The van der Waals surface area contributed by atoms with E-state index in [0.29, 0.717) is 15.9 Å². The lowest BCUT2D eigenvalue weighted by molar-refractivity contribution is 0.414. The van der Waals surface area contributed by atoms with E-state index in [-0.39, 0.29) is 10.6 Å². The highest BCUT2D eigenvalue weighted by atomic mass is 79.9. The first-order valence-electron chi connectivity index (χ1n) is 6.06. The maximum absolute atomic E-state index is 12.4. The fourth-order valence-corrected chi connectivity index (χ4v) is 3.62. The van der Waals surface area contributed by atoms with Gasteiger partial charge in [-0.25, -0.2) is 8.42 Å². The van der Waals surface area contributed by atoms with Crippen molar-refractivity contribution in [2.45, 2.75) is 11.8 Å². The first-order valence-corrected chi connectivity index (χ1v) is 8.33. The summed E-state index contributed by atoms with van der Waals surface area (Å²) in [6.07, 6.45) is 0. The first-order chi connectivity index (χ1) is 9.83. The number of hydrogen-bond acceptors (Lipinski definition) is 4. The van der Waals surface area contributed by atoms with Crippen molar-refractivity contribution in [2.24, 2.45) is 0 Å².